The van der Waals surface area contributed by atoms with Crippen molar-refractivity contribution >= 4 is 15.9 Å². The van der Waals surface area contributed by atoms with E-state index in [0.29, 0.717) is 5.92 Å². The number of nitrogens with one attached hydrogen (secondary N) is 1. The molecule has 1 aromatic heterocycles. The summed E-state index contributed by atoms with van der Waals surface area (Å²) in [5.74, 6) is 1.42. The smallest absolute Gasteiger partial charge is 0.122 e. The van der Waals surface area contributed by atoms with Crippen LogP contribution in [0.25, 0.3) is 5.69 Å². The van der Waals surface area contributed by atoms with Crippen LogP contribution in [0.4, 0.5) is 0 Å². The van der Waals surface area contributed by atoms with Crippen molar-refractivity contribution in [2.24, 2.45) is 0 Å². The fourth-order valence-electron chi connectivity index (χ4n) is 2.75. The predicted molar refractivity (Wildman–Crippen MR) is 82.7 cm³/mol. The topological polar surface area (TPSA) is 39.1 Å². The second kappa shape index (κ2) is 5.97. The van der Waals surface area contributed by atoms with Crippen molar-refractivity contribution in [1.82, 2.24) is 14.9 Å². The SMILES string of the molecule is COc1cc(Br)cc(-n2cncc2C2CCNCC2)c1. The Kier molecular flexibility index (Phi) is 4.08. The summed E-state index contributed by atoms with van der Waals surface area (Å²) in [5.41, 5.74) is 2.37. The highest BCUT2D eigenvalue weighted by Gasteiger charge is 2.19. The summed E-state index contributed by atoms with van der Waals surface area (Å²) in [6.45, 7) is 2.16. The first-order valence-corrected chi connectivity index (χ1v) is 7.65. The molecule has 1 aliphatic rings. The number of hydrogen-bond acceptors (Lipinski definition) is 3. The molecule has 0 spiro atoms. The van der Waals surface area contributed by atoms with Crippen molar-refractivity contribution in [2.75, 3.05) is 20.2 Å². The number of piperidine rings is 1. The summed E-state index contributed by atoms with van der Waals surface area (Å²) in [6, 6.07) is 6.09. The van der Waals surface area contributed by atoms with Gasteiger partial charge in [0.25, 0.3) is 0 Å². The van der Waals surface area contributed by atoms with E-state index in [2.05, 4.69) is 36.9 Å². The standard InChI is InChI=1S/C15H18BrN3O/c1-20-14-7-12(16)6-13(8-14)19-10-18-9-15(19)11-2-4-17-5-3-11/h6-11,17H,2-5H2,1H3. The van der Waals surface area contributed by atoms with Crippen LogP contribution < -0.4 is 10.1 Å². The van der Waals surface area contributed by atoms with Gasteiger partial charge < -0.3 is 14.6 Å². The number of imidazole rings is 1. The third-order valence-corrected chi connectivity index (χ3v) is 4.25. The summed E-state index contributed by atoms with van der Waals surface area (Å²) >= 11 is 3.54. The maximum Gasteiger partial charge on any atom is 0.122 e. The maximum atomic E-state index is 5.35. The lowest BCUT2D eigenvalue weighted by atomic mass is 9.95. The number of halogens is 1. The molecule has 1 aliphatic heterocycles. The van der Waals surface area contributed by atoms with Gasteiger partial charge in [0.05, 0.1) is 19.1 Å². The number of hydrogen-bond donors (Lipinski definition) is 1. The zero-order valence-corrected chi connectivity index (χ0v) is 13.1. The van der Waals surface area contributed by atoms with E-state index in [0.717, 1.165) is 41.8 Å². The highest BCUT2D eigenvalue weighted by Crippen LogP contribution is 2.29. The van der Waals surface area contributed by atoms with E-state index in [1.165, 1.54) is 5.69 Å². The van der Waals surface area contributed by atoms with Crippen LogP contribution in [0, 0.1) is 0 Å². The van der Waals surface area contributed by atoms with Gasteiger partial charge in [-0.15, -0.1) is 0 Å². The first-order chi connectivity index (χ1) is 9.78. The van der Waals surface area contributed by atoms with Crippen molar-refractivity contribution in [1.29, 1.82) is 0 Å². The average molecular weight is 336 g/mol. The minimum atomic E-state index is 0.573. The van der Waals surface area contributed by atoms with Gasteiger partial charge in [0.2, 0.25) is 0 Å². The van der Waals surface area contributed by atoms with Crippen molar-refractivity contribution in [3.8, 4) is 11.4 Å². The molecule has 0 bridgehead atoms. The predicted octanol–water partition coefficient (Wildman–Crippen LogP) is 3.11. The normalized spacial score (nSPS) is 16.3. The van der Waals surface area contributed by atoms with Crippen LogP contribution in [0.15, 0.2) is 35.2 Å². The molecule has 0 aliphatic carbocycles. The zero-order valence-electron chi connectivity index (χ0n) is 11.5. The number of rotatable bonds is 3. The van der Waals surface area contributed by atoms with Crippen LogP contribution in [0.1, 0.15) is 24.5 Å². The molecule has 0 radical (unpaired) electrons. The number of nitrogens with zero attached hydrogens (tertiary/aromatic N) is 2. The molecule has 106 valence electrons. The Morgan fingerprint density at radius 3 is 2.85 bits per heavy atom. The minimum Gasteiger partial charge on any atom is -0.497 e. The van der Waals surface area contributed by atoms with Gasteiger partial charge in [-0.1, -0.05) is 15.9 Å². The van der Waals surface area contributed by atoms with E-state index in [9.17, 15) is 0 Å². The number of methoxy groups -OCH3 is 1. The molecule has 3 rings (SSSR count). The van der Waals surface area contributed by atoms with Crippen LogP contribution in [0.2, 0.25) is 0 Å². The number of benzene rings is 1. The van der Waals surface area contributed by atoms with Gasteiger partial charge in [0.1, 0.15) is 5.75 Å². The monoisotopic (exact) mass is 335 g/mol. The number of aromatic nitrogens is 2. The van der Waals surface area contributed by atoms with Gasteiger partial charge in [-0.25, -0.2) is 4.98 Å². The Bertz CT molecular complexity index is 591. The summed E-state index contributed by atoms with van der Waals surface area (Å²) < 4.78 is 8.53. The van der Waals surface area contributed by atoms with Crippen molar-refractivity contribution in [3.63, 3.8) is 0 Å². The lowest BCUT2D eigenvalue weighted by Crippen LogP contribution is -2.27. The van der Waals surface area contributed by atoms with E-state index in [1.54, 1.807) is 7.11 Å². The summed E-state index contributed by atoms with van der Waals surface area (Å²) in [6.07, 6.45) is 6.20. The molecule has 2 aromatic rings. The van der Waals surface area contributed by atoms with Crippen LogP contribution in [-0.4, -0.2) is 29.8 Å². The molecule has 2 heterocycles. The largest absolute Gasteiger partial charge is 0.497 e. The fourth-order valence-corrected chi connectivity index (χ4v) is 3.21. The highest BCUT2D eigenvalue weighted by molar-refractivity contribution is 9.10. The van der Waals surface area contributed by atoms with Crippen molar-refractivity contribution in [2.45, 2.75) is 18.8 Å². The van der Waals surface area contributed by atoms with E-state index in [4.69, 9.17) is 4.74 Å². The van der Waals surface area contributed by atoms with Crippen LogP contribution in [-0.2, 0) is 0 Å². The Labute approximate surface area is 127 Å². The highest BCUT2D eigenvalue weighted by atomic mass is 79.9. The third-order valence-electron chi connectivity index (χ3n) is 3.79. The van der Waals surface area contributed by atoms with Gasteiger partial charge in [0.15, 0.2) is 0 Å². The molecule has 1 aromatic carbocycles. The Hall–Kier alpha value is -1.33. The quantitative estimate of drug-likeness (QED) is 0.936. The molecule has 20 heavy (non-hydrogen) atoms. The molecule has 0 amide bonds. The van der Waals surface area contributed by atoms with Gasteiger partial charge in [0, 0.05) is 28.3 Å². The summed E-state index contributed by atoms with van der Waals surface area (Å²) in [7, 11) is 1.69. The van der Waals surface area contributed by atoms with Crippen molar-refractivity contribution < 1.29 is 4.74 Å². The molecule has 0 atom stereocenters. The Morgan fingerprint density at radius 1 is 1.30 bits per heavy atom. The molecular formula is C15H18BrN3O. The molecule has 0 saturated carbocycles. The summed E-state index contributed by atoms with van der Waals surface area (Å²) in [4.78, 5) is 4.35. The van der Waals surface area contributed by atoms with E-state index in [-0.39, 0.29) is 0 Å². The van der Waals surface area contributed by atoms with Gasteiger partial charge in [-0.3, -0.25) is 0 Å². The lowest BCUT2D eigenvalue weighted by molar-refractivity contribution is 0.414. The minimum absolute atomic E-state index is 0.573. The second-order valence-corrected chi connectivity index (χ2v) is 5.98. The van der Waals surface area contributed by atoms with Gasteiger partial charge in [-0.05, 0) is 38.1 Å². The molecule has 1 N–H and O–H groups in total. The fraction of sp³-hybridized carbons (Fsp3) is 0.400. The van der Waals surface area contributed by atoms with Crippen LogP contribution in [0.3, 0.4) is 0 Å². The molecule has 5 heteroatoms. The molecular weight excluding hydrogens is 318 g/mol. The molecule has 0 unspecified atom stereocenters. The van der Waals surface area contributed by atoms with E-state index in [1.807, 2.05) is 24.7 Å². The van der Waals surface area contributed by atoms with Crippen LogP contribution in [0.5, 0.6) is 5.75 Å². The first-order valence-electron chi connectivity index (χ1n) is 6.86. The maximum absolute atomic E-state index is 5.35. The van der Waals surface area contributed by atoms with Gasteiger partial charge >= 0.3 is 0 Å². The van der Waals surface area contributed by atoms with Crippen molar-refractivity contribution in [3.05, 3.63) is 40.9 Å². The van der Waals surface area contributed by atoms with Crippen LogP contribution >= 0.6 is 15.9 Å². The first kappa shape index (κ1) is 13.6. The molecule has 4 nitrogen and oxygen atoms in total. The second-order valence-electron chi connectivity index (χ2n) is 5.06. The zero-order chi connectivity index (χ0) is 13.9. The number of ether oxygens (including phenoxy) is 1. The average Bonchev–Trinajstić information content (AvgIpc) is 2.97. The molecule has 1 saturated heterocycles. The third kappa shape index (κ3) is 2.74. The van der Waals surface area contributed by atoms with Gasteiger partial charge in [-0.2, -0.15) is 0 Å². The summed E-state index contributed by atoms with van der Waals surface area (Å²) in [5, 5.41) is 3.41. The Balaban J connectivity index is 1.98. The van der Waals surface area contributed by atoms with E-state index < -0.39 is 0 Å². The van der Waals surface area contributed by atoms with E-state index >= 15 is 0 Å². The Morgan fingerprint density at radius 2 is 2.10 bits per heavy atom. The lowest BCUT2D eigenvalue weighted by Gasteiger charge is -2.23. The molecule has 1 fully saturated rings.